The van der Waals surface area contributed by atoms with E-state index in [2.05, 4.69) is 4.90 Å². The molecule has 16 heavy (non-hydrogen) atoms. The van der Waals surface area contributed by atoms with Crippen LogP contribution >= 0.6 is 11.6 Å². The molecule has 0 bridgehead atoms. The third-order valence-corrected chi connectivity index (χ3v) is 3.59. The van der Waals surface area contributed by atoms with Gasteiger partial charge in [-0.15, -0.1) is 0 Å². The first-order chi connectivity index (χ1) is 7.63. The van der Waals surface area contributed by atoms with Crippen molar-refractivity contribution in [2.75, 3.05) is 20.1 Å². The SMILES string of the molecule is CN1CCC(CN)C1c1ccc(Cl)cc1F. The van der Waals surface area contributed by atoms with E-state index in [1.807, 2.05) is 7.05 Å². The normalized spacial score (nSPS) is 26.2. The molecule has 2 rings (SSSR count). The second-order valence-corrected chi connectivity index (χ2v) is 4.81. The first-order valence-corrected chi connectivity index (χ1v) is 5.86. The Bertz CT molecular complexity index is 383. The van der Waals surface area contributed by atoms with Crippen molar-refractivity contribution in [1.82, 2.24) is 4.90 Å². The summed E-state index contributed by atoms with van der Waals surface area (Å²) < 4.78 is 13.8. The lowest BCUT2D eigenvalue weighted by atomic mass is 9.93. The second kappa shape index (κ2) is 4.70. The smallest absolute Gasteiger partial charge is 0.129 e. The number of halogens is 2. The quantitative estimate of drug-likeness (QED) is 0.863. The van der Waals surface area contributed by atoms with Crippen molar-refractivity contribution in [2.45, 2.75) is 12.5 Å². The molecule has 4 heteroatoms. The van der Waals surface area contributed by atoms with Gasteiger partial charge < -0.3 is 5.73 Å². The Morgan fingerprint density at radius 3 is 2.94 bits per heavy atom. The van der Waals surface area contributed by atoms with E-state index in [4.69, 9.17) is 17.3 Å². The van der Waals surface area contributed by atoms with Gasteiger partial charge in [-0.2, -0.15) is 0 Å². The van der Waals surface area contributed by atoms with Crippen LogP contribution in [-0.4, -0.2) is 25.0 Å². The van der Waals surface area contributed by atoms with Crippen LogP contribution in [0.1, 0.15) is 18.0 Å². The van der Waals surface area contributed by atoms with Crippen LogP contribution in [0.3, 0.4) is 0 Å². The predicted octanol–water partition coefficient (Wildman–Crippen LogP) is 2.43. The fraction of sp³-hybridized carbons (Fsp3) is 0.500. The van der Waals surface area contributed by atoms with Gasteiger partial charge in [-0.25, -0.2) is 4.39 Å². The van der Waals surface area contributed by atoms with Gasteiger partial charge in [-0.05, 0) is 44.6 Å². The van der Waals surface area contributed by atoms with Crippen LogP contribution in [-0.2, 0) is 0 Å². The fourth-order valence-electron chi connectivity index (χ4n) is 2.51. The second-order valence-electron chi connectivity index (χ2n) is 4.38. The maximum atomic E-state index is 13.8. The molecule has 2 atom stereocenters. The van der Waals surface area contributed by atoms with Gasteiger partial charge in [0.1, 0.15) is 5.82 Å². The zero-order valence-corrected chi connectivity index (χ0v) is 10.0. The molecule has 2 nitrogen and oxygen atoms in total. The van der Waals surface area contributed by atoms with Gasteiger partial charge in [-0.3, -0.25) is 4.90 Å². The Balaban J connectivity index is 2.34. The highest BCUT2D eigenvalue weighted by Gasteiger charge is 2.33. The highest BCUT2D eigenvalue weighted by molar-refractivity contribution is 6.30. The number of benzene rings is 1. The molecular weight excluding hydrogens is 227 g/mol. The molecule has 88 valence electrons. The van der Waals surface area contributed by atoms with E-state index in [0.29, 0.717) is 23.0 Å². The lowest BCUT2D eigenvalue weighted by Crippen LogP contribution is -2.26. The highest BCUT2D eigenvalue weighted by atomic mass is 35.5. The molecule has 2 N–H and O–H groups in total. The van der Waals surface area contributed by atoms with Gasteiger partial charge in [0, 0.05) is 16.6 Å². The minimum Gasteiger partial charge on any atom is -0.330 e. The Morgan fingerprint density at radius 1 is 1.56 bits per heavy atom. The monoisotopic (exact) mass is 242 g/mol. The molecule has 1 fully saturated rings. The van der Waals surface area contributed by atoms with Gasteiger partial charge in [0.15, 0.2) is 0 Å². The van der Waals surface area contributed by atoms with Crippen molar-refractivity contribution in [3.05, 3.63) is 34.6 Å². The number of hydrogen-bond acceptors (Lipinski definition) is 2. The Hall–Kier alpha value is -0.640. The van der Waals surface area contributed by atoms with Crippen LogP contribution in [0.25, 0.3) is 0 Å². The van der Waals surface area contributed by atoms with E-state index < -0.39 is 0 Å². The van der Waals surface area contributed by atoms with Crippen LogP contribution in [0, 0.1) is 11.7 Å². The molecule has 0 spiro atoms. The minimum absolute atomic E-state index is 0.0854. The fourth-order valence-corrected chi connectivity index (χ4v) is 2.66. The summed E-state index contributed by atoms with van der Waals surface area (Å²) in [6, 6.07) is 4.96. The maximum Gasteiger partial charge on any atom is 0.129 e. The first-order valence-electron chi connectivity index (χ1n) is 5.48. The van der Waals surface area contributed by atoms with E-state index in [9.17, 15) is 4.39 Å². The Labute approximate surface area is 100 Å². The summed E-state index contributed by atoms with van der Waals surface area (Å²) in [5.41, 5.74) is 6.44. The third kappa shape index (κ3) is 2.08. The van der Waals surface area contributed by atoms with Crippen molar-refractivity contribution >= 4 is 11.6 Å². The summed E-state index contributed by atoms with van der Waals surface area (Å²) in [7, 11) is 2.01. The van der Waals surface area contributed by atoms with Gasteiger partial charge in [0.2, 0.25) is 0 Å². The van der Waals surface area contributed by atoms with Crippen LogP contribution in [0.2, 0.25) is 5.02 Å². The van der Waals surface area contributed by atoms with Crippen molar-refractivity contribution < 1.29 is 4.39 Å². The van der Waals surface area contributed by atoms with Gasteiger partial charge in [0.25, 0.3) is 0 Å². The lowest BCUT2D eigenvalue weighted by molar-refractivity contribution is 0.272. The number of nitrogens with two attached hydrogens (primary N) is 1. The van der Waals surface area contributed by atoms with E-state index >= 15 is 0 Å². The van der Waals surface area contributed by atoms with Crippen LogP contribution < -0.4 is 5.73 Å². The molecule has 2 unspecified atom stereocenters. The summed E-state index contributed by atoms with van der Waals surface area (Å²) in [5.74, 6) is 0.102. The highest BCUT2D eigenvalue weighted by Crippen LogP contribution is 2.37. The van der Waals surface area contributed by atoms with Gasteiger partial charge in [0.05, 0.1) is 0 Å². The number of likely N-dealkylation sites (tertiary alicyclic amines) is 1. The van der Waals surface area contributed by atoms with E-state index in [1.165, 1.54) is 6.07 Å². The molecule has 0 amide bonds. The van der Waals surface area contributed by atoms with Gasteiger partial charge >= 0.3 is 0 Å². The molecule has 1 aliphatic heterocycles. The number of hydrogen-bond donors (Lipinski definition) is 1. The topological polar surface area (TPSA) is 29.3 Å². The van der Waals surface area contributed by atoms with Crippen LogP contribution in [0.15, 0.2) is 18.2 Å². The van der Waals surface area contributed by atoms with E-state index in [0.717, 1.165) is 13.0 Å². The molecular formula is C12H16ClFN2. The molecule has 1 aromatic rings. The Morgan fingerprint density at radius 2 is 2.31 bits per heavy atom. The summed E-state index contributed by atoms with van der Waals surface area (Å²) in [6.07, 6.45) is 1.03. The summed E-state index contributed by atoms with van der Waals surface area (Å²) >= 11 is 5.75. The largest absolute Gasteiger partial charge is 0.330 e. The average Bonchev–Trinajstić information content (AvgIpc) is 2.60. The predicted molar refractivity (Wildman–Crippen MR) is 63.9 cm³/mol. The molecule has 1 heterocycles. The third-order valence-electron chi connectivity index (χ3n) is 3.36. The minimum atomic E-state index is -0.232. The molecule has 0 saturated carbocycles. The zero-order valence-electron chi connectivity index (χ0n) is 9.29. The van der Waals surface area contributed by atoms with E-state index in [-0.39, 0.29) is 11.9 Å². The van der Waals surface area contributed by atoms with Crippen molar-refractivity contribution in [2.24, 2.45) is 11.7 Å². The van der Waals surface area contributed by atoms with Crippen molar-refractivity contribution in [1.29, 1.82) is 0 Å². The van der Waals surface area contributed by atoms with E-state index in [1.54, 1.807) is 12.1 Å². The summed E-state index contributed by atoms with van der Waals surface area (Å²) in [4.78, 5) is 2.16. The zero-order chi connectivity index (χ0) is 11.7. The van der Waals surface area contributed by atoms with Crippen LogP contribution in [0.4, 0.5) is 4.39 Å². The molecule has 1 saturated heterocycles. The van der Waals surface area contributed by atoms with Gasteiger partial charge in [-0.1, -0.05) is 17.7 Å². The average molecular weight is 243 g/mol. The number of nitrogens with zero attached hydrogens (tertiary/aromatic N) is 1. The van der Waals surface area contributed by atoms with Crippen molar-refractivity contribution in [3.8, 4) is 0 Å². The Kier molecular flexibility index (Phi) is 3.47. The van der Waals surface area contributed by atoms with Crippen LogP contribution in [0.5, 0.6) is 0 Å². The maximum absolute atomic E-state index is 13.8. The summed E-state index contributed by atoms with van der Waals surface area (Å²) in [5, 5.41) is 0.436. The molecule has 1 aliphatic rings. The molecule has 0 aliphatic carbocycles. The van der Waals surface area contributed by atoms with Crippen molar-refractivity contribution in [3.63, 3.8) is 0 Å². The number of rotatable bonds is 2. The molecule has 1 aromatic carbocycles. The molecule has 0 radical (unpaired) electrons. The lowest BCUT2D eigenvalue weighted by Gasteiger charge is -2.25. The standard InChI is InChI=1S/C12H16ClFN2/c1-16-5-4-8(7-15)12(16)10-3-2-9(13)6-11(10)14/h2-3,6,8,12H,4-5,7,15H2,1H3. The first kappa shape index (κ1) is 11.8. The molecule has 0 aromatic heterocycles. The summed E-state index contributed by atoms with van der Waals surface area (Å²) in [6.45, 7) is 1.56.